The van der Waals surface area contributed by atoms with E-state index in [4.69, 9.17) is 0 Å². The summed E-state index contributed by atoms with van der Waals surface area (Å²) < 4.78 is 1.11. The number of likely N-dealkylation sites (tertiary alicyclic amines) is 1. The number of nitrogens with one attached hydrogen (secondary N) is 2. The second kappa shape index (κ2) is 9.53. The number of nitrogens with zero attached hydrogens (tertiary/aromatic N) is 3. The molecule has 1 fully saturated rings. The Morgan fingerprint density at radius 1 is 1.20 bits per heavy atom. The predicted octanol–water partition coefficient (Wildman–Crippen LogP) is 4.64. The van der Waals surface area contributed by atoms with E-state index in [0.29, 0.717) is 5.92 Å². The van der Waals surface area contributed by atoms with E-state index in [2.05, 4.69) is 51.5 Å². The summed E-state index contributed by atoms with van der Waals surface area (Å²) in [6.07, 6.45) is 6.70. The van der Waals surface area contributed by atoms with Crippen molar-refractivity contribution in [2.45, 2.75) is 45.1 Å². The van der Waals surface area contributed by atoms with Crippen molar-refractivity contribution >= 4 is 33.3 Å². The molecule has 0 atom stereocenters. The fourth-order valence-electron chi connectivity index (χ4n) is 3.76. The maximum absolute atomic E-state index is 12.5. The van der Waals surface area contributed by atoms with Gasteiger partial charge < -0.3 is 15.5 Å². The Balaban J connectivity index is 1.23. The van der Waals surface area contributed by atoms with E-state index in [1.165, 1.54) is 5.56 Å². The van der Waals surface area contributed by atoms with E-state index < -0.39 is 0 Å². The van der Waals surface area contributed by atoms with Crippen molar-refractivity contribution in [3.8, 4) is 0 Å². The van der Waals surface area contributed by atoms with E-state index in [0.717, 1.165) is 59.8 Å². The van der Waals surface area contributed by atoms with Crippen LogP contribution in [-0.4, -0.2) is 46.6 Å². The van der Waals surface area contributed by atoms with Gasteiger partial charge in [0.15, 0.2) is 0 Å². The first-order chi connectivity index (χ1) is 14.6. The van der Waals surface area contributed by atoms with Crippen molar-refractivity contribution in [1.82, 2.24) is 20.2 Å². The van der Waals surface area contributed by atoms with Crippen LogP contribution < -0.4 is 10.6 Å². The summed E-state index contributed by atoms with van der Waals surface area (Å²) in [5, 5.41) is 7.25. The first kappa shape index (κ1) is 20.8. The zero-order chi connectivity index (χ0) is 20.9. The van der Waals surface area contributed by atoms with Gasteiger partial charge in [-0.25, -0.2) is 9.78 Å². The minimum absolute atomic E-state index is 0.127. The first-order valence-corrected chi connectivity index (χ1v) is 11.5. The number of anilines is 1. The van der Waals surface area contributed by atoms with Gasteiger partial charge in [0, 0.05) is 49.7 Å². The van der Waals surface area contributed by atoms with Gasteiger partial charge in [-0.05, 0) is 55.2 Å². The van der Waals surface area contributed by atoms with Gasteiger partial charge in [0.25, 0.3) is 0 Å². The van der Waals surface area contributed by atoms with E-state index in [1.54, 1.807) is 11.3 Å². The summed E-state index contributed by atoms with van der Waals surface area (Å²) in [4.78, 5) is 23.7. The molecule has 4 rings (SSSR count). The zero-order valence-electron chi connectivity index (χ0n) is 17.6. The molecule has 0 radical (unpaired) electrons. The molecule has 0 saturated carbocycles. The highest BCUT2D eigenvalue weighted by Gasteiger charge is 2.20. The fourth-order valence-corrected chi connectivity index (χ4v) is 4.77. The minimum Gasteiger partial charge on any atom is -0.335 e. The number of hydrogen-bond acceptors (Lipinski definition) is 5. The van der Waals surface area contributed by atoms with Crippen LogP contribution in [0.25, 0.3) is 10.2 Å². The molecule has 30 heavy (non-hydrogen) atoms. The van der Waals surface area contributed by atoms with Crippen LogP contribution in [0, 0.1) is 0 Å². The van der Waals surface area contributed by atoms with Crippen LogP contribution in [0.4, 0.5) is 10.5 Å². The molecule has 0 bridgehead atoms. The SMILES string of the molecule is CC(C)c1nc2ccc(NC(=O)NC3CCN(CCc4ccncc4)CC3)cc2s1. The highest BCUT2D eigenvalue weighted by molar-refractivity contribution is 7.18. The third-order valence-corrected chi connectivity index (χ3v) is 6.86. The number of aromatic nitrogens is 2. The maximum Gasteiger partial charge on any atom is 0.319 e. The van der Waals surface area contributed by atoms with Crippen LogP contribution in [0.15, 0.2) is 42.7 Å². The standard InChI is InChI=1S/C23H29N5OS/c1-16(2)22-27-20-4-3-19(15-21(20)30-22)26-23(29)25-18-8-13-28(14-9-18)12-7-17-5-10-24-11-6-17/h3-6,10-11,15-16,18H,7-9,12-14H2,1-2H3,(H2,25,26,29). The number of pyridine rings is 1. The highest BCUT2D eigenvalue weighted by Crippen LogP contribution is 2.29. The number of carbonyl (C=O) groups excluding carboxylic acids is 1. The minimum atomic E-state index is -0.127. The molecular formula is C23H29N5OS. The van der Waals surface area contributed by atoms with Crippen molar-refractivity contribution in [1.29, 1.82) is 0 Å². The Morgan fingerprint density at radius 2 is 1.97 bits per heavy atom. The molecule has 2 amide bonds. The number of piperidine rings is 1. The van der Waals surface area contributed by atoms with Crippen LogP contribution in [0.5, 0.6) is 0 Å². The second-order valence-corrected chi connectivity index (χ2v) is 9.27. The molecule has 6 nitrogen and oxygen atoms in total. The number of benzene rings is 1. The Morgan fingerprint density at radius 3 is 2.70 bits per heavy atom. The molecule has 1 saturated heterocycles. The molecule has 3 heterocycles. The Labute approximate surface area is 181 Å². The maximum atomic E-state index is 12.5. The molecule has 2 aromatic heterocycles. The van der Waals surface area contributed by atoms with Gasteiger partial charge in [0.1, 0.15) is 0 Å². The number of fused-ring (bicyclic) bond motifs is 1. The molecule has 3 aromatic rings. The lowest BCUT2D eigenvalue weighted by Crippen LogP contribution is -2.46. The summed E-state index contributed by atoms with van der Waals surface area (Å²) in [5.41, 5.74) is 3.13. The molecule has 0 aliphatic carbocycles. The van der Waals surface area contributed by atoms with Crippen molar-refractivity contribution in [3.63, 3.8) is 0 Å². The average molecular weight is 424 g/mol. The lowest BCUT2D eigenvalue weighted by atomic mass is 10.0. The van der Waals surface area contributed by atoms with Crippen molar-refractivity contribution in [3.05, 3.63) is 53.3 Å². The highest BCUT2D eigenvalue weighted by atomic mass is 32.1. The van der Waals surface area contributed by atoms with E-state index in [-0.39, 0.29) is 12.1 Å². The van der Waals surface area contributed by atoms with Crippen LogP contribution in [0.2, 0.25) is 0 Å². The lowest BCUT2D eigenvalue weighted by molar-refractivity contribution is 0.197. The first-order valence-electron chi connectivity index (χ1n) is 10.7. The molecule has 0 unspecified atom stereocenters. The summed E-state index contributed by atoms with van der Waals surface area (Å²) >= 11 is 1.69. The summed E-state index contributed by atoms with van der Waals surface area (Å²) in [7, 11) is 0. The smallest absolute Gasteiger partial charge is 0.319 e. The Bertz CT molecular complexity index is 980. The van der Waals surface area contributed by atoms with Crippen LogP contribution >= 0.6 is 11.3 Å². The van der Waals surface area contributed by atoms with Crippen LogP contribution in [-0.2, 0) is 6.42 Å². The van der Waals surface area contributed by atoms with Gasteiger partial charge >= 0.3 is 6.03 Å². The predicted molar refractivity (Wildman–Crippen MR) is 123 cm³/mol. The molecular weight excluding hydrogens is 394 g/mol. The third-order valence-electron chi connectivity index (χ3n) is 5.55. The topological polar surface area (TPSA) is 70.2 Å². The number of hydrogen-bond donors (Lipinski definition) is 2. The summed E-state index contributed by atoms with van der Waals surface area (Å²) in [5.74, 6) is 0.415. The fraction of sp³-hybridized carbons (Fsp3) is 0.435. The molecule has 7 heteroatoms. The van der Waals surface area contributed by atoms with Gasteiger partial charge in [-0.3, -0.25) is 4.98 Å². The van der Waals surface area contributed by atoms with Crippen LogP contribution in [0.3, 0.4) is 0 Å². The Hall–Kier alpha value is -2.51. The van der Waals surface area contributed by atoms with E-state index >= 15 is 0 Å². The van der Waals surface area contributed by atoms with Gasteiger partial charge in [-0.2, -0.15) is 0 Å². The molecule has 2 N–H and O–H groups in total. The largest absolute Gasteiger partial charge is 0.335 e. The van der Waals surface area contributed by atoms with E-state index in [1.807, 2.05) is 30.6 Å². The normalized spacial score (nSPS) is 15.6. The van der Waals surface area contributed by atoms with Gasteiger partial charge in [0.2, 0.25) is 0 Å². The molecule has 1 aromatic carbocycles. The molecule has 0 spiro atoms. The lowest BCUT2D eigenvalue weighted by Gasteiger charge is -2.32. The average Bonchev–Trinajstić information content (AvgIpc) is 3.18. The molecule has 1 aliphatic heterocycles. The number of carbonyl (C=O) groups is 1. The van der Waals surface area contributed by atoms with Gasteiger partial charge in [-0.15, -0.1) is 11.3 Å². The summed E-state index contributed by atoms with van der Waals surface area (Å²) in [6, 6.07) is 10.2. The molecule has 1 aliphatic rings. The van der Waals surface area contributed by atoms with Crippen LogP contribution in [0.1, 0.15) is 43.2 Å². The number of amides is 2. The van der Waals surface area contributed by atoms with Crippen molar-refractivity contribution in [2.75, 3.05) is 25.0 Å². The number of rotatable bonds is 6. The summed E-state index contributed by atoms with van der Waals surface area (Å²) in [6.45, 7) is 7.38. The third kappa shape index (κ3) is 5.34. The zero-order valence-corrected chi connectivity index (χ0v) is 18.4. The quantitative estimate of drug-likeness (QED) is 0.606. The number of urea groups is 1. The van der Waals surface area contributed by atoms with Crippen molar-refractivity contribution < 1.29 is 4.79 Å². The van der Waals surface area contributed by atoms with Gasteiger partial charge in [0.05, 0.1) is 15.2 Å². The second-order valence-electron chi connectivity index (χ2n) is 8.21. The molecule has 158 valence electrons. The monoisotopic (exact) mass is 423 g/mol. The Kier molecular flexibility index (Phi) is 6.59. The van der Waals surface area contributed by atoms with Gasteiger partial charge in [-0.1, -0.05) is 13.8 Å². The van der Waals surface area contributed by atoms with E-state index in [9.17, 15) is 4.79 Å². The number of thiazole rings is 1. The van der Waals surface area contributed by atoms with Crippen molar-refractivity contribution in [2.24, 2.45) is 0 Å².